The van der Waals surface area contributed by atoms with Crippen LogP contribution >= 0.6 is 27.5 Å². The van der Waals surface area contributed by atoms with E-state index >= 15 is 0 Å². The molecule has 2 rings (SSSR count). The molecular formula is C17H14BrClO4. The number of esters is 1. The van der Waals surface area contributed by atoms with E-state index in [1.807, 2.05) is 6.07 Å². The maximum Gasteiger partial charge on any atom is 0.336 e. The van der Waals surface area contributed by atoms with Crippen LogP contribution in [0.5, 0.6) is 17.2 Å². The van der Waals surface area contributed by atoms with E-state index in [0.717, 1.165) is 5.56 Å². The van der Waals surface area contributed by atoms with E-state index in [9.17, 15) is 4.79 Å². The van der Waals surface area contributed by atoms with Crippen LogP contribution in [0.1, 0.15) is 5.56 Å². The van der Waals surface area contributed by atoms with Crippen LogP contribution in [0.25, 0.3) is 6.08 Å². The normalized spacial score (nSPS) is 10.6. The molecule has 2 aromatic rings. The van der Waals surface area contributed by atoms with Gasteiger partial charge in [0, 0.05) is 11.1 Å². The minimum absolute atomic E-state index is 0.399. The number of rotatable bonds is 5. The third-order valence-electron chi connectivity index (χ3n) is 2.92. The molecule has 0 N–H and O–H groups in total. The fourth-order valence-corrected chi connectivity index (χ4v) is 2.58. The molecule has 0 unspecified atom stereocenters. The van der Waals surface area contributed by atoms with Gasteiger partial charge in [-0.1, -0.05) is 17.7 Å². The second-order valence-corrected chi connectivity index (χ2v) is 5.73. The molecule has 0 saturated carbocycles. The number of ether oxygens (including phenoxy) is 3. The Bertz CT molecular complexity index is 743. The van der Waals surface area contributed by atoms with E-state index < -0.39 is 5.97 Å². The molecule has 0 amide bonds. The first kappa shape index (κ1) is 17.4. The van der Waals surface area contributed by atoms with Crippen LogP contribution in [0, 0.1) is 0 Å². The third-order valence-corrected chi connectivity index (χ3v) is 3.78. The lowest BCUT2D eigenvalue weighted by molar-refractivity contribution is -0.128. The summed E-state index contributed by atoms with van der Waals surface area (Å²) >= 11 is 9.13. The molecule has 0 bridgehead atoms. The number of hydrogen-bond acceptors (Lipinski definition) is 4. The highest BCUT2D eigenvalue weighted by molar-refractivity contribution is 9.10. The standard InChI is InChI=1S/C17H14BrClO4/c1-21-15-6-3-11(9-16(15)22-2)4-8-17(20)23-14-7-5-12(19)10-13(14)18/h3-10H,1-2H3/b8-4+. The van der Waals surface area contributed by atoms with Gasteiger partial charge in [-0.25, -0.2) is 4.79 Å². The average Bonchev–Trinajstić information content (AvgIpc) is 2.55. The number of carbonyl (C=O) groups excluding carboxylic acids is 1. The summed E-state index contributed by atoms with van der Waals surface area (Å²) in [7, 11) is 3.12. The monoisotopic (exact) mass is 396 g/mol. The van der Waals surface area contributed by atoms with Gasteiger partial charge >= 0.3 is 5.97 Å². The molecule has 0 aromatic heterocycles. The molecule has 0 saturated heterocycles. The van der Waals surface area contributed by atoms with Crippen molar-refractivity contribution in [1.29, 1.82) is 0 Å². The Morgan fingerprint density at radius 2 is 1.74 bits per heavy atom. The molecule has 0 atom stereocenters. The molecule has 2 aromatic carbocycles. The van der Waals surface area contributed by atoms with Gasteiger partial charge in [-0.05, 0) is 57.9 Å². The summed E-state index contributed by atoms with van der Waals surface area (Å²) in [6.07, 6.45) is 2.97. The second kappa shape index (κ2) is 8.04. The second-order valence-electron chi connectivity index (χ2n) is 4.44. The van der Waals surface area contributed by atoms with Crippen LogP contribution in [0.3, 0.4) is 0 Å². The van der Waals surface area contributed by atoms with Gasteiger partial charge in [0.1, 0.15) is 5.75 Å². The van der Waals surface area contributed by atoms with E-state index in [-0.39, 0.29) is 0 Å². The Morgan fingerprint density at radius 1 is 1.04 bits per heavy atom. The fraction of sp³-hybridized carbons (Fsp3) is 0.118. The number of methoxy groups -OCH3 is 2. The Balaban J connectivity index is 2.09. The molecule has 0 fully saturated rings. The molecule has 0 aliphatic carbocycles. The summed E-state index contributed by atoms with van der Waals surface area (Å²) in [4.78, 5) is 11.9. The minimum atomic E-state index is -0.497. The molecule has 23 heavy (non-hydrogen) atoms. The van der Waals surface area contributed by atoms with E-state index in [2.05, 4.69) is 15.9 Å². The van der Waals surface area contributed by atoms with Gasteiger partial charge in [0.15, 0.2) is 11.5 Å². The van der Waals surface area contributed by atoms with Gasteiger partial charge in [0.25, 0.3) is 0 Å². The van der Waals surface area contributed by atoms with Crippen LogP contribution in [-0.4, -0.2) is 20.2 Å². The first-order valence-electron chi connectivity index (χ1n) is 6.60. The van der Waals surface area contributed by atoms with Gasteiger partial charge in [0.05, 0.1) is 18.7 Å². The van der Waals surface area contributed by atoms with E-state index in [0.29, 0.717) is 26.7 Å². The number of hydrogen-bond donors (Lipinski definition) is 0. The van der Waals surface area contributed by atoms with Gasteiger partial charge < -0.3 is 14.2 Å². The van der Waals surface area contributed by atoms with Gasteiger partial charge in [-0.2, -0.15) is 0 Å². The van der Waals surface area contributed by atoms with Crippen molar-refractivity contribution >= 4 is 39.6 Å². The Kier molecular flexibility index (Phi) is 6.07. The molecule has 0 aliphatic rings. The topological polar surface area (TPSA) is 44.8 Å². The van der Waals surface area contributed by atoms with Crippen molar-refractivity contribution in [2.45, 2.75) is 0 Å². The summed E-state index contributed by atoms with van der Waals surface area (Å²) in [6.45, 7) is 0. The number of carbonyl (C=O) groups is 1. The van der Waals surface area contributed by atoms with Crippen LogP contribution in [-0.2, 0) is 4.79 Å². The highest BCUT2D eigenvalue weighted by Crippen LogP contribution is 2.29. The average molecular weight is 398 g/mol. The molecule has 4 nitrogen and oxygen atoms in total. The van der Waals surface area contributed by atoms with Gasteiger partial charge in [0.2, 0.25) is 0 Å². The quantitative estimate of drug-likeness (QED) is 0.415. The fourth-order valence-electron chi connectivity index (χ4n) is 1.82. The smallest absolute Gasteiger partial charge is 0.336 e. The van der Waals surface area contributed by atoms with Gasteiger partial charge in [-0.3, -0.25) is 0 Å². The third kappa shape index (κ3) is 4.74. The lowest BCUT2D eigenvalue weighted by atomic mass is 10.2. The maximum atomic E-state index is 11.9. The zero-order valence-corrected chi connectivity index (χ0v) is 14.8. The van der Waals surface area contributed by atoms with E-state index in [4.69, 9.17) is 25.8 Å². The van der Waals surface area contributed by atoms with Crippen molar-refractivity contribution in [1.82, 2.24) is 0 Å². The van der Waals surface area contributed by atoms with Crippen molar-refractivity contribution in [3.05, 3.63) is 57.5 Å². The Labute approximate surface area is 147 Å². The first-order valence-corrected chi connectivity index (χ1v) is 7.77. The zero-order chi connectivity index (χ0) is 16.8. The lowest BCUT2D eigenvalue weighted by Gasteiger charge is -2.07. The Hall–Kier alpha value is -1.98. The molecule has 6 heteroatoms. The summed E-state index contributed by atoms with van der Waals surface area (Å²) in [6, 6.07) is 10.3. The zero-order valence-electron chi connectivity index (χ0n) is 12.5. The van der Waals surface area contributed by atoms with Crippen LogP contribution in [0.2, 0.25) is 5.02 Å². The molecule has 0 spiro atoms. The van der Waals surface area contributed by atoms with Crippen molar-refractivity contribution in [3.8, 4) is 17.2 Å². The largest absolute Gasteiger partial charge is 0.493 e. The van der Waals surface area contributed by atoms with Gasteiger partial charge in [-0.15, -0.1) is 0 Å². The van der Waals surface area contributed by atoms with E-state index in [1.54, 1.807) is 50.6 Å². The highest BCUT2D eigenvalue weighted by Gasteiger charge is 2.07. The van der Waals surface area contributed by atoms with Crippen LogP contribution in [0.15, 0.2) is 46.9 Å². The van der Waals surface area contributed by atoms with Crippen molar-refractivity contribution in [2.75, 3.05) is 14.2 Å². The SMILES string of the molecule is COc1ccc(/C=C/C(=O)Oc2ccc(Cl)cc2Br)cc1OC. The highest BCUT2D eigenvalue weighted by atomic mass is 79.9. The first-order chi connectivity index (χ1) is 11.0. The maximum absolute atomic E-state index is 11.9. The molecule has 0 heterocycles. The number of benzene rings is 2. The Morgan fingerprint density at radius 3 is 2.39 bits per heavy atom. The van der Waals surface area contributed by atoms with Crippen molar-refractivity contribution in [3.63, 3.8) is 0 Å². The lowest BCUT2D eigenvalue weighted by Crippen LogP contribution is -2.04. The van der Waals surface area contributed by atoms with Crippen molar-refractivity contribution in [2.24, 2.45) is 0 Å². The molecule has 0 radical (unpaired) electrons. The number of halogens is 2. The summed E-state index contributed by atoms with van der Waals surface area (Å²) in [5.41, 5.74) is 0.787. The molecule has 120 valence electrons. The minimum Gasteiger partial charge on any atom is -0.493 e. The molecular weight excluding hydrogens is 384 g/mol. The van der Waals surface area contributed by atoms with Crippen LogP contribution in [0.4, 0.5) is 0 Å². The van der Waals surface area contributed by atoms with Crippen LogP contribution < -0.4 is 14.2 Å². The predicted molar refractivity (Wildman–Crippen MR) is 93.4 cm³/mol. The summed E-state index contributed by atoms with van der Waals surface area (Å²) < 4.78 is 16.2. The van der Waals surface area contributed by atoms with Crippen molar-refractivity contribution < 1.29 is 19.0 Å². The summed E-state index contributed by atoms with van der Waals surface area (Å²) in [5.74, 6) is 1.11. The van der Waals surface area contributed by atoms with E-state index in [1.165, 1.54) is 6.08 Å². The predicted octanol–water partition coefficient (Wildman–Crippen LogP) is 4.74. The molecule has 0 aliphatic heterocycles. The summed E-state index contributed by atoms with van der Waals surface area (Å²) in [5, 5.41) is 0.553.